The summed E-state index contributed by atoms with van der Waals surface area (Å²) in [6, 6.07) is 5.31. The van der Waals surface area contributed by atoms with E-state index in [4.69, 9.17) is 9.47 Å². The molecule has 0 heterocycles. The molecule has 1 aromatic rings. The molecule has 0 spiro atoms. The van der Waals surface area contributed by atoms with E-state index in [1.165, 1.54) is 14.0 Å². The second-order valence-corrected chi connectivity index (χ2v) is 6.60. The number of hydrogen-bond donors (Lipinski definition) is 1. The van der Waals surface area contributed by atoms with Gasteiger partial charge in [-0.15, -0.1) is 0 Å². The molecule has 1 aromatic carbocycles. The molecule has 0 aromatic heterocycles. The van der Waals surface area contributed by atoms with Crippen LogP contribution in [-0.2, 0) is 14.3 Å². The van der Waals surface area contributed by atoms with Gasteiger partial charge in [0.15, 0.2) is 11.9 Å². The Kier molecular flexibility index (Phi) is 6.36. The largest absolute Gasteiger partial charge is 0.496 e. The number of rotatable bonds is 8. The van der Waals surface area contributed by atoms with Crippen molar-refractivity contribution in [2.45, 2.75) is 44.8 Å². The fourth-order valence-electron chi connectivity index (χ4n) is 2.10. The number of methoxy groups -OCH3 is 1. The molecule has 0 bridgehead atoms. The Morgan fingerprint density at radius 3 is 2.62 bits per heavy atom. The van der Waals surface area contributed by atoms with Gasteiger partial charge in [0.1, 0.15) is 5.75 Å². The molecule has 1 amide bonds. The maximum Gasteiger partial charge on any atom is 0.307 e. The third-order valence-corrected chi connectivity index (χ3v) is 4.11. The number of amides is 1. The highest BCUT2D eigenvalue weighted by Gasteiger charge is 2.27. The van der Waals surface area contributed by atoms with Crippen LogP contribution in [-0.4, -0.2) is 36.9 Å². The fourth-order valence-corrected chi connectivity index (χ4v) is 2.47. The van der Waals surface area contributed by atoms with Gasteiger partial charge in [-0.05, 0) is 38.0 Å². The summed E-state index contributed by atoms with van der Waals surface area (Å²) in [4.78, 5) is 35.8. The highest BCUT2D eigenvalue weighted by molar-refractivity contribution is 9.10. The van der Waals surface area contributed by atoms with E-state index in [0.29, 0.717) is 11.3 Å². The molecule has 6 nitrogen and oxygen atoms in total. The first-order chi connectivity index (χ1) is 11.4. The van der Waals surface area contributed by atoms with Crippen LogP contribution >= 0.6 is 15.9 Å². The summed E-state index contributed by atoms with van der Waals surface area (Å²) in [6.07, 6.45) is 0.983. The lowest BCUT2D eigenvalue weighted by molar-refractivity contribution is -0.154. The SMILES string of the molecule is COc1ccc(Br)cc1C(=O)CCC(=O)O[C@H](C)C(=O)NC1CC1. The number of hydrogen-bond acceptors (Lipinski definition) is 5. The standard InChI is InChI=1S/C17H20BrNO5/c1-10(17(22)19-12-4-5-12)24-16(21)8-6-14(20)13-9-11(18)3-7-15(13)23-2/h3,7,9-10,12H,4-6,8H2,1-2H3,(H,19,22)/t10-/m1/s1. The number of benzene rings is 1. The number of nitrogens with one attached hydrogen (secondary N) is 1. The Balaban J connectivity index is 1.83. The van der Waals surface area contributed by atoms with Crippen LogP contribution in [0.2, 0.25) is 0 Å². The first kappa shape index (κ1) is 18.4. The number of halogens is 1. The smallest absolute Gasteiger partial charge is 0.307 e. The van der Waals surface area contributed by atoms with Gasteiger partial charge in [-0.25, -0.2) is 0 Å². The van der Waals surface area contributed by atoms with Crippen molar-refractivity contribution < 1.29 is 23.9 Å². The normalized spacial score (nSPS) is 14.6. The monoisotopic (exact) mass is 397 g/mol. The molecule has 1 fully saturated rings. The van der Waals surface area contributed by atoms with Crippen molar-refractivity contribution in [3.63, 3.8) is 0 Å². The average molecular weight is 398 g/mol. The summed E-state index contributed by atoms with van der Waals surface area (Å²) in [5, 5.41) is 2.77. The van der Waals surface area contributed by atoms with E-state index in [2.05, 4.69) is 21.2 Å². The van der Waals surface area contributed by atoms with E-state index in [-0.39, 0.29) is 30.6 Å². The van der Waals surface area contributed by atoms with Crippen LogP contribution in [0.15, 0.2) is 22.7 Å². The van der Waals surface area contributed by atoms with Gasteiger partial charge in [-0.2, -0.15) is 0 Å². The molecular formula is C17H20BrNO5. The van der Waals surface area contributed by atoms with E-state index >= 15 is 0 Å². The summed E-state index contributed by atoms with van der Waals surface area (Å²) in [7, 11) is 1.48. The van der Waals surface area contributed by atoms with Gasteiger partial charge < -0.3 is 14.8 Å². The fraction of sp³-hybridized carbons (Fsp3) is 0.471. The van der Waals surface area contributed by atoms with E-state index in [1.807, 2.05) is 0 Å². The van der Waals surface area contributed by atoms with E-state index in [0.717, 1.165) is 17.3 Å². The zero-order valence-electron chi connectivity index (χ0n) is 13.6. The first-order valence-corrected chi connectivity index (χ1v) is 8.56. The molecule has 0 aliphatic heterocycles. The second kappa shape index (κ2) is 8.28. The second-order valence-electron chi connectivity index (χ2n) is 5.68. The van der Waals surface area contributed by atoms with Crippen LogP contribution < -0.4 is 10.1 Å². The van der Waals surface area contributed by atoms with Crippen molar-refractivity contribution >= 4 is 33.6 Å². The molecule has 1 N–H and O–H groups in total. The number of carbonyl (C=O) groups excluding carboxylic acids is 3. The molecular weight excluding hydrogens is 378 g/mol. The van der Waals surface area contributed by atoms with Crippen LogP contribution in [0, 0.1) is 0 Å². The summed E-state index contributed by atoms with van der Waals surface area (Å²) in [5.41, 5.74) is 0.402. The molecule has 1 aliphatic carbocycles. The van der Waals surface area contributed by atoms with Crippen LogP contribution in [0.25, 0.3) is 0 Å². The molecule has 1 aliphatic rings. The maximum absolute atomic E-state index is 12.3. The summed E-state index contributed by atoms with van der Waals surface area (Å²) >= 11 is 3.30. The van der Waals surface area contributed by atoms with Crippen molar-refractivity contribution in [2.75, 3.05) is 7.11 Å². The minimum atomic E-state index is -0.853. The van der Waals surface area contributed by atoms with Crippen molar-refractivity contribution in [3.8, 4) is 5.75 Å². The predicted molar refractivity (Wildman–Crippen MR) is 91.0 cm³/mol. The lowest BCUT2D eigenvalue weighted by atomic mass is 10.1. The first-order valence-electron chi connectivity index (χ1n) is 7.77. The highest BCUT2D eigenvalue weighted by Crippen LogP contribution is 2.24. The Morgan fingerprint density at radius 2 is 2.00 bits per heavy atom. The average Bonchev–Trinajstić information content (AvgIpc) is 3.36. The number of esters is 1. The molecule has 7 heteroatoms. The third-order valence-electron chi connectivity index (χ3n) is 3.62. The Labute approximate surface area is 149 Å². The number of ketones is 1. The Morgan fingerprint density at radius 1 is 1.29 bits per heavy atom. The van der Waals surface area contributed by atoms with Gasteiger partial charge in [0.05, 0.1) is 19.1 Å². The highest BCUT2D eigenvalue weighted by atomic mass is 79.9. The van der Waals surface area contributed by atoms with Crippen molar-refractivity contribution in [3.05, 3.63) is 28.2 Å². The maximum atomic E-state index is 12.3. The van der Waals surface area contributed by atoms with Crippen molar-refractivity contribution in [1.29, 1.82) is 0 Å². The van der Waals surface area contributed by atoms with Gasteiger partial charge in [-0.1, -0.05) is 15.9 Å². The van der Waals surface area contributed by atoms with Gasteiger partial charge in [0.2, 0.25) is 0 Å². The van der Waals surface area contributed by atoms with Gasteiger partial charge in [0.25, 0.3) is 5.91 Å². The number of Topliss-reactive ketones (excluding diaryl/α,β-unsaturated/α-hetero) is 1. The molecule has 0 unspecified atom stereocenters. The minimum absolute atomic E-state index is 0.0113. The molecule has 24 heavy (non-hydrogen) atoms. The van der Waals surface area contributed by atoms with Gasteiger partial charge >= 0.3 is 5.97 Å². The van der Waals surface area contributed by atoms with Gasteiger partial charge in [-0.3, -0.25) is 14.4 Å². The summed E-state index contributed by atoms with van der Waals surface area (Å²) < 4.78 is 11.0. The molecule has 0 saturated heterocycles. The van der Waals surface area contributed by atoms with Crippen molar-refractivity contribution in [1.82, 2.24) is 5.32 Å². The topological polar surface area (TPSA) is 81.7 Å². The number of ether oxygens (including phenoxy) is 2. The molecule has 1 atom stereocenters. The quantitative estimate of drug-likeness (QED) is 0.538. The van der Waals surface area contributed by atoms with Crippen LogP contribution in [0.5, 0.6) is 5.75 Å². The zero-order valence-corrected chi connectivity index (χ0v) is 15.2. The third kappa shape index (κ3) is 5.33. The van der Waals surface area contributed by atoms with Crippen LogP contribution in [0.4, 0.5) is 0 Å². The summed E-state index contributed by atoms with van der Waals surface area (Å²) in [5.74, 6) is -0.643. The van der Waals surface area contributed by atoms with Crippen LogP contribution in [0.1, 0.15) is 43.0 Å². The summed E-state index contributed by atoms with van der Waals surface area (Å²) in [6.45, 7) is 1.52. The van der Waals surface area contributed by atoms with E-state index in [1.54, 1.807) is 18.2 Å². The Bertz CT molecular complexity index is 642. The lowest BCUT2D eigenvalue weighted by Crippen LogP contribution is -2.37. The molecule has 2 rings (SSSR count). The van der Waals surface area contributed by atoms with Gasteiger partial charge in [0, 0.05) is 16.9 Å². The number of carbonyl (C=O) groups is 3. The molecule has 0 radical (unpaired) electrons. The predicted octanol–water partition coefficient (Wildman–Crippen LogP) is 2.63. The zero-order chi connectivity index (χ0) is 17.7. The molecule has 130 valence electrons. The lowest BCUT2D eigenvalue weighted by Gasteiger charge is -2.13. The van der Waals surface area contributed by atoms with Crippen LogP contribution in [0.3, 0.4) is 0 Å². The Hall–Kier alpha value is -1.89. The van der Waals surface area contributed by atoms with Crippen molar-refractivity contribution in [2.24, 2.45) is 0 Å². The molecule has 1 saturated carbocycles. The van der Waals surface area contributed by atoms with E-state index in [9.17, 15) is 14.4 Å². The minimum Gasteiger partial charge on any atom is -0.496 e. The van der Waals surface area contributed by atoms with E-state index < -0.39 is 12.1 Å².